The SMILES string of the molecule is Cc1cnc(CN2CC[C@@H](N(C)C)[C@@H](CCC(=O)O)C2)[nH]1. The molecule has 0 bridgehead atoms. The van der Waals surface area contributed by atoms with Gasteiger partial charge in [0.1, 0.15) is 5.82 Å². The average Bonchev–Trinajstić information content (AvgIpc) is 2.81. The molecule has 0 aromatic carbocycles. The number of carbonyl (C=O) groups is 1. The summed E-state index contributed by atoms with van der Waals surface area (Å²) in [6.45, 7) is 4.80. The molecule has 0 saturated carbocycles. The largest absolute Gasteiger partial charge is 0.481 e. The Morgan fingerprint density at radius 3 is 2.90 bits per heavy atom. The maximum Gasteiger partial charge on any atom is 0.303 e. The molecule has 1 fully saturated rings. The molecule has 0 unspecified atom stereocenters. The summed E-state index contributed by atoms with van der Waals surface area (Å²) in [5, 5.41) is 8.93. The molecule has 0 aliphatic carbocycles. The van der Waals surface area contributed by atoms with Gasteiger partial charge in [0.25, 0.3) is 0 Å². The van der Waals surface area contributed by atoms with Crippen LogP contribution in [-0.4, -0.2) is 64.1 Å². The van der Waals surface area contributed by atoms with Gasteiger partial charge in [-0.3, -0.25) is 9.69 Å². The van der Waals surface area contributed by atoms with Gasteiger partial charge in [-0.15, -0.1) is 0 Å². The van der Waals surface area contributed by atoms with Crippen molar-refractivity contribution < 1.29 is 9.90 Å². The number of hydrogen-bond acceptors (Lipinski definition) is 4. The van der Waals surface area contributed by atoms with E-state index in [1.165, 1.54) is 0 Å². The first kappa shape index (κ1) is 16.0. The molecule has 1 aromatic rings. The standard InChI is InChI=1S/C15H26N4O2/c1-11-8-16-14(17-11)10-19-7-6-13(18(2)3)12(9-19)4-5-15(20)21/h8,12-13H,4-7,9-10H2,1-3H3,(H,16,17)(H,20,21)/t12-,13+/m0/s1. The minimum absolute atomic E-state index is 0.253. The van der Waals surface area contributed by atoms with E-state index in [2.05, 4.69) is 33.9 Å². The summed E-state index contributed by atoms with van der Waals surface area (Å²) in [5.74, 6) is 0.694. The van der Waals surface area contributed by atoms with Crippen molar-refractivity contribution >= 4 is 5.97 Å². The van der Waals surface area contributed by atoms with Crippen LogP contribution < -0.4 is 0 Å². The lowest BCUT2D eigenvalue weighted by Crippen LogP contribution is -2.48. The van der Waals surface area contributed by atoms with Gasteiger partial charge < -0.3 is 15.0 Å². The fourth-order valence-corrected chi connectivity index (χ4v) is 3.27. The normalized spacial score (nSPS) is 23.6. The second-order valence-corrected chi connectivity index (χ2v) is 6.26. The number of piperidine rings is 1. The van der Waals surface area contributed by atoms with E-state index in [1.807, 2.05) is 13.1 Å². The average molecular weight is 294 g/mol. The van der Waals surface area contributed by atoms with Gasteiger partial charge in [0.05, 0.1) is 6.54 Å². The van der Waals surface area contributed by atoms with Crippen molar-refractivity contribution in [1.82, 2.24) is 19.8 Å². The third-order valence-corrected chi connectivity index (χ3v) is 4.30. The highest BCUT2D eigenvalue weighted by Crippen LogP contribution is 2.25. The quantitative estimate of drug-likeness (QED) is 0.828. The van der Waals surface area contributed by atoms with E-state index >= 15 is 0 Å². The van der Waals surface area contributed by atoms with Gasteiger partial charge >= 0.3 is 5.97 Å². The summed E-state index contributed by atoms with van der Waals surface area (Å²) in [6.07, 6.45) is 3.93. The number of rotatable bonds is 6. The Balaban J connectivity index is 1.95. The van der Waals surface area contributed by atoms with Gasteiger partial charge in [-0.1, -0.05) is 0 Å². The molecule has 1 aromatic heterocycles. The molecule has 1 saturated heterocycles. The summed E-state index contributed by atoms with van der Waals surface area (Å²) >= 11 is 0. The smallest absolute Gasteiger partial charge is 0.303 e. The molecule has 2 heterocycles. The van der Waals surface area contributed by atoms with Gasteiger partial charge in [-0.25, -0.2) is 4.98 Å². The van der Waals surface area contributed by atoms with E-state index in [0.29, 0.717) is 12.0 Å². The molecule has 1 aliphatic heterocycles. The second-order valence-electron chi connectivity index (χ2n) is 6.26. The number of aliphatic carboxylic acids is 1. The molecule has 0 radical (unpaired) electrons. The number of hydrogen-bond donors (Lipinski definition) is 2. The molecule has 6 heteroatoms. The number of nitrogens with one attached hydrogen (secondary N) is 1. The first-order valence-corrected chi connectivity index (χ1v) is 7.56. The Bertz CT molecular complexity index is 472. The number of H-pyrrole nitrogens is 1. The number of aromatic nitrogens is 2. The first-order valence-electron chi connectivity index (χ1n) is 7.56. The van der Waals surface area contributed by atoms with Crippen LogP contribution in [0.25, 0.3) is 0 Å². The molecule has 1 aliphatic rings. The molecular formula is C15H26N4O2. The third kappa shape index (κ3) is 4.54. The molecule has 2 N–H and O–H groups in total. The molecule has 0 spiro atoms. The van der Waals surface area contributed by atoms with Crippen molar-refractivity contribution in [3.63, 3.8) is 0 Å². The maximum absolute atomic E-state index is 10.9. The number of carboxylic acid groups (broad SMARTS) is 1. The van der Waals surface area contributed by atoms with Crippen molar-refractivity contribution in [3.8, 4) is 0 Å². The van der Waals surface area contributed by atoms with Gasteiger partial charge in [0.2, 0.25) is 0 Å². The van der Waals surface area contributed by atoms with Crippen molar-refractivity contribution in [3.05, 3.63) is 17.7 Å². The zero-order valence-corrected chi connectivity index (χ0v) is 13.2. The number of carboxylic acids is 1. The highest BCUT2D eigenvalue weighted by molar-refractivity contribution is 5.66. The highest BCUT2D eigenvalue weighted by Gasteiger charge is 2.31. The highest BCUT2D eigenvalue weighted by atomic mass is 16.4. The van der Waals surface area contributed by atoms with Crippen LogP contribution in [0.5, 0.6) is 0 Å². The predicted octanol–water partition coefficient (Wildman–Crippen LogP) is 1.34. The van der Waals surface area contributed by atoms with Crippen LogP contribution in [0, 0.1) is 12.8 Å². The Labute approximate surface area is 126 Å². The minimum atomic E-state index is -0.703. The topological polar surface area (TPSA) is 72.5 Å². The molecule has 2 rings (SSSR count). The van der Waals surface area contributed by atoms with Gasteiger partial charge in [0, 0.05) is 37.4 Å². The Hall–Kier alpha value is -1.40. The zero-order chi connectivity index (χ0) is 15.4. The van der Waals surface area contributed by atoms with Gasteiger partial charge in [-0.2, -0.15) is 0 Å². The molecule has 2 atom stereocenters. The molecule has 21 heavy (non-hydrogen) atoms. The maximum atomic E-state index is 10.9. The number of aromatic amines is 1. The van der Waals surface area contributed by atoms with Crippen LogP contribution >= 0.6 is 0 Å². The first-order chi connectivity index (χ1) is 9.95. The van der Waals surface area contributed by atoms with Crippen molar-refractivity contribution in [1.29, 1.82) is 0 Å². The second kappa shape index (κ2) is 7.04. The fraction of sp³-hybridized carbons (Fsp3) is 0.733. The van der Waals surface area contributed by atoms with Crippen LogP contribution in [0.3, 0.4) is 0 Å². The van der Waals surface area contributed by atoms with Crippen LogP contribution in [0.1, 0.15) is 30.8 Å². The summed E-state index contributed by atoms with van der Waals surface area (Å²) < 4.78 is 0. The summed E-state index contributed by atoms with van der Waals surface area (Å²) in [5.41, 5.74) is 1.08. The lowest BCUT2D eigenvalue weighted by atomic mass is 9.87. The minimum Gasteiger partial charge on any atom is -0.481 e. The van der Waals surface area contributed by atoms with E-state index in [1.54, 1.807) is 0 Å². The Kier molecular flexibility index (Phi) is 5.36. The van der Waals surface area contributed by atoms with E-state index in [0.717, 1.165) is 44.0 Å². The Morgan fingerprint density at radius 2 is 2.33 bits per heavy atom. The molecule has 118 valence electrons. The van der Waals surface area contributed by atoms with E-state index in [9.17, 15) is 4.79 Å². The van der Waals surface area contributed by atoms with E-state index in [4.69, 9.17) is 5.11 Å². The molecule has 6 nitrogen and oxygen atoms in total. The number of aryl methyl sites for hydroxylation is 1. The number of nitrogens with zero attached hydrogens (tertiary/aromatic N) is 3. The van der Waals surface area contributed by atoms with E-state index in [-0.39, 0.29) is 6.42 Å². The third-order valence-electron chi connectivity index (χ3n) is 4.30. The monoisotopic (exact) mass is 294 g/mol. The lowest BCUT2D eigenvalue weighted by Gasteiger charge is -2.41. The van der Waals surface area contributed by atoms with E-state index < -0.39 is 5.97 Å². The predicted molar refractivity (Wildman–Crippen MR) is 81.1 cm³/mol. The van der Waals surface area contributed by atoms with Gasteiger partial charge in [-0.05, 0) is 39.8 Å². The van der Waals surface area contributed by atoms with Crippen LogP contribution in [0.2, 0.25) is 0 Å². The number of likely N-dealkylation sites (tertiary alicyclic amines) is 1. The van der Waals surface area contributed by atoms with Crippen molar-refractivity contribution in [2.75, 3.05) is 27.2 Å². The summed E-state index contributed by atoms with van der Waals surface area (Å²) in [7, 11) is 4.17. The van der Waals surface area contributed by atoms with Gasteiger partial charge in [0.15, 0.2) is 0 Å². The molecule has 0 amide bonds. The Morgan fingerprint density at radius 1 is 1.57 bits per heavy atom. The van der Waals surface area contributed by atoms with Crippen LogP contribution in [-0.2, 0) is 11.3 Å². The zero-order valence-electron chi connectivity index (χ0n) is 13.2. The number of imidazole rings is 1. The van der Waals surface area contributed by atoms with Crippen molar-refractivity contribution in [2.45, 2.75) is 38.8 Å². The summed E-state index contributed by atoms with van der Waals surface area (Å²) in [6, 6.07) is 0.471. The molecular weight excluding hydrogens is 268 g/mol. The van der Waals surface area contributed by atoms with Crippen LogP contribution in [0.4, 0.5) is 0 Å². The van der Waals surface area contributed by atoms with Crippen LogP contribution in [0.15, 0.2) is 6.20 Å². The fourth-order valence-electron chi connectivity index (χ4n) is 3.27. The lowest BCUT2D eigenvalue weighted by molar-refractivity contribution is -0.137. The van der Waals surface area contributed by atoms with Crippen molar-refractivity contribution in [2.24, 2.45) is 5.92 Å². The summed E-state index contributed by atoms with van der Waals surface area (Å²) in [4.78, 5) is 23.1.